The largest absolute Gasteiger partial charge is 0.378 e. The van der Waals surface area contributed by atoms with E-state index in [0.717, 1.165) is 10.5 Å². The van der Waals surface area contributed by atoms with E-state index in [-0.39, 0.29) is 11.8 Å². The van der Waals surface area contributed by atoms with Crippen molar-refractivity contribution in [3.8, 4) is 0 Å². The van der Waals surface area contributed by atoms with E-state index in [4.69, 9.17) is 4.74 Å². The molecule has 1 aromatic rings. The van der Waals surface area contributed by atoms with Crippen LogP contribution in [0.15, 0.2) is 23.1 Å². The van der Waals surface area contributed by atoms with Gasteiger partial charge in [0.15, 0.2) is 0 Å². The van der Waals surface area contributed by atoms with Gasteiger partial charge in [-0.25, -0.2) is 0 Å². The number of carbonyl (C=O) groups excluding carboxylic acids is 2. The number of morpholine rings is 1. The topological polar surface area (TPSA) is 58.6 Å². The third-order valence-electron chi connectivity index (χ3n) is 3.45. The molecule has 0 aromatic heterocycles. The van der Waals surface area contributed by atoms with Crippen LogP contribution in [0.2, 0.25) is 0 Å². The maximum absolute atomic E-state index is 12.1. The number of carbonyl (C=O) groups is 2. The molecule has 0 spiro atoms. The van der Waals surface area contributed by atoms with Crippen LogP contribution in [0.4, 0.5) is 0 Å². The van der Waals surface area contributed by atoms with Gasteiger partial charge in [0.2, 0.25) is 5.91 Å². The summed E-state index contributed by atoms with van der Waals surface area (Å²) in [7, 11) is 0. The lowest BCUT2D eigenvalue weighted by molar-refractivity contribution is -0.135. The van der Waals surface area contributed by atoms with Crippen molar-refractivity contribution < 1.29 is 14.3 Å². The van der Waals surface area contributed by atoms with Crippen LogP contribution in [0.1, 0.15) is 22.3 Å². The summed E-state index contributed by atoms with van der Waals surface area (Å²) in [5.41, 5.74) is 1.49. The first-order chi connectivity index (χ1) is 10.1. The van der Waals surface area contributed by atoms with E-state index in [1.54, 1.807) is 11.0 Å². The Labute approximate surface area is 130 Å². The van der Waals surface area contributed by atoms with E-state index in [2.05, 4.69) is 17.9 Å². The number of benzene rings is 1. The van der Waals surface area contributed by atoms with Crippen LogP contribution in [0, 0.1) is 6.92 Å². The summed E-state index contributed by atoms with van der Waals surface area (Å²) in [5.74, 6) is -0.114. The lowest BCUT2D eigenvalue weighted by Crippen LogP contribution is -2.42. The molecule has 0 aliphatic carbocycles. The van der Waals surface area contributed by atoms with Crippen molar-refractivity contribution in [1.82, 2.24) is 10.2 Å². The molecule has 2 rings (SSSR count). The standard InChI is InChI=1S/C15H20N2O3S/c1-11-2-3-12(21)10-13(11)15(19)16-5-4-14(18)17-6-8-20-9-7-17/h2-3,10,21H,4-9H2,1H3,(H,16,19). The molecule has 0 bridgehead atoms. The molecular weight excluding hydrogens is 288 g/mol. The molecule has 1 saturated heterocycles. The Morgan fingerprint density at radius 3 is 2.76 bits per heavy atom. The van der Waals surface area contributed by atoms with Crippen molar-refractivity contribution in [2.24, 2.45) is 0 Å². The van der Waals surface area contributed by atoms with Crippen LogP contribution < -0.4 is 5.32 Å². The van der Waals surface area contributed by atoms with Crippen molar-refractivity contribution in [2.75, 3.05) is 32.8 Å². The van der Waals surface area contributed by atoms with Crippen molar-refractivity contribution in [3.05, 3.63) is 29.3 Å². The predicted molar refractivity (Wildman–Crippen MR) is 82.8 cm³/mol. The molecule has 0 radical (unpaired) electrons. The monoisotopic (exact) mass is 308 g/mol. The van der Waals surface area contributed by atoms with E-state index < -0.39 is 0 Å². The minimum atomic E-state index is -0.168. The summed E-state index contributed by atoms with van der Waals surface area (Å²) in [6.45, 7) is 4.66. The van der Waals surface area contributed by atoms with Crippen molar-refractivity contribution in [3.63, 3.8) is 0 Å². The smallest absolute Gasteiger partial charge is 0.251 e. The highest BCUT2D eigenvalue weighted by atomic mass is 32.1. The fraction of sp³-hybridized carbons (Fsp3) is 0.467. The molecular formula is C15H20N2O3S. The summed E-state index contributed by atoms with van der Waals surface area (Å²) in [4.78, 5) is 26.5. The highest BCUT2D eigenvalue weighted by Gasteiger charge is 2.17. The SMILES string of the molecule is Cc1ccc(S)cc1C(=O)NCCC(=O)N1CCOCC1. The van der Waals surface area contributed by atoms with Gasteiger partial charge in [0.05, 0.1) is 13.2 Å². The third kappa shape index (κ3) is 4.47. The maximum atomic E-state index is 12.1. The van der Waals surface area contributed by atoms with Gasteiger partial charge in [-0.1, -0.05) is 6.07 Å². The Kier molecular flexibility index (Phi) is 5.64. The Bertz CT molecular complexity index is 528. The van der Waals surface area contributed by atoms with Crippen LogP contribution in [-0.4, -0.2) is 49.6 Å². The molecule has 1 N–H and O–H groups in total. The van der Waals surface area contributed by atoms with E-state index in [0.29, 0.717) is 44.8 Å². The Morgan fingerprint density at radius 2 is 2.05 bits per heavy atom. The zero-order valence-corrected chi connectivity index (χ0v) is 13.0. The Balaban J connectivity index is 1.81. The number of hydrogen-bond donors (Lipinski definition) is 2. The fourth-order valence-corrected chi connectivity index (χ4v) is 2.41. The summed E-state index contributed by atoms with van der Waals surface area (Å²) < 4.78 is 5.20. The lowest BCUT2D eigenvalue weighted by atomic mass is 10.1. The average molecular weight is 308 g/mol. The number of aryl methyl sites for hydroxylation is 1. The van der Waals surface area contributed by atoms with Gasteiger partial charge < -0.3 is 15.0 Å². The van der Waals surface area contributed by atoms with Gasteiger partial charge in [-0.05, 0) is 24.6 Å². The first-order valence-electron chi connectivity index (χ1n) is 7.01. The van der Waals surface area contributed by atoms with Gasteiger partial charge in [0.1, 0.15) is 0 Å². The first-order valence-corrected chi connectivity index (χ1v) is 7.46. The molecule has 1 aliphatic heterocycles. The minimum absolute atomic E-state index is 0.0540. The first kappa shape index (κ1) is 15.9. The van der Waals surface area contributed by atoms with Gasteiger partial charge in [-0.2, -0.15) is 0 Å². The zero-order valence-electron chi connectivity index (χ0n) is 12.1. The molecule has 2 amide bonds. The Hall–Kier alpha value is -1.53. The van der Waals surface area contributed by atoms with Crippen molar-refractivity contribution in [2.45, 2.75) is 18.2 Å². The van der Waals surface area contributed by atoms with Gasteiger partial charge in [-0.15, -0.1) is 12.6 Å². The molecule has 1 aromatic carbocycles. The molecule has 21 heavy (non-hydrogen) atoms. The van der Waals surface area contributed by atoms with E-state index >= 15 is 0 Å². The van der Waals surface area contributed by atoms with Gasteiger partial charge in [-0.3, -0.25) is 9.59 Å². The molecule has 114 valence electrons. The number of thiol groups is 1. The second kappa shape index (κ2) is 7.47. The zero-order chi connectivity index (χ0) is 15.2. The van der Waals surface area contributed by atoms with Crippen LogP contribution in [0.3, 0.4) is 0 Å². The lowest BCUT2D eigenvalue weighted by Gasteiger charge is -2.26. The molecule has 0 unspecified atom stereocenters. The van der Waals surface area contributed by atoms with Gasteiger partial charge in [0, 0.05) is 36.5 Å². The molecule has 6 heteroatoms. The summed E-state index contributed by atoms with van der Waals surface area (Å²) >= 11 is 4.24. The average Bonchev–Trinajstić information content (AvgIpc) is 2.50. The summed E-state index contributed by atoms with van der Waals surface area (Å²) in [6.07, 6.45) is 0.311. The highest BCUT2D eigenvalue weighted by molar-refractivity contribution is 7.80. The fourth-order valence-electron chi connectivity index (χ4n) is 2.20. The molecule has 0 atom stereocenters. The molecule has 1 heterocycles. The van der Waals surface area contributed by atoms with Gasteiger partial charge in [0.25, 0.3) is 5.91 Å². The number of ether oxygens (including phenoxy) is 1. The normalized spacial score (nSPS) is 14.9. The Morgan fingerprint density at radius 1 is 1.33 bits per heavy atom. The summed E-state index contributed by atoms with van der Waals surface area (Å²) in [6, 6.07) is 5.44. The van der Waals surface area contributed by atoms with E-state index in [1.807, 2.05) is 19.1 Å². The van der Waals surface area contributed by atoms with Crippen LogP contribution in [-0.2, 0) is 9.53 Å². The number of amides is 2. The maximum Gasteiger partial charge on any atom is 0.251 e. The molecule has 5 nitrogen and oxygen atoms in total. The number of nitrogens with one attached hydrogen (secondary N) is 1. The van der Waals surface area contributed by atoms with Crippen LogP contribution in [0.25, 0.3) is 0 Å². The third-order valence-corrected chi connectivity index (χ3v) is 3.73. The highest BCUT2D eigenvalue weighted by Crippen LogP contribution is 2.13. The second-order valence-electron chi connectivity index (χ2n) is 5.00. The number of hydrogen-bond acceptors (Lipinski definition) is 4. The molecule has 1 fully saturated rings. The minimum Gasteiger partial charge on any atom is -0.378 e. The van der Waals surface area contributed by atoms with Gasteiger partial charge >= 0.3 is 0 Å². The number of rotatable bonds is 4. The van der Waals surface area contributed by atoms with Crippen LogP contribution >= 0.6 is 12.6 Å². The number of nitrogens with zero attached hydrogens (tertiary/aromatic N) is 1. The summed E-state index contributed by atoms with van der Waals surface area (Å²) in [5, 5.41) is 2.79. The van der Waals surface area contributed by atoms with Crippen molar-refractivity contribution >= 4 is 24.4 Å². The van der Waals surface area contributed by atoms with E-state index in [1.165, 1.54) is 0 Å². The quantitative estimate of drug-likeness (QED) is 0.824. The van der Waals surface area contributed by atoms with Crippen molar-refractivity contribution in [1.29, 1.82) is 0 Å². The molecule has 0 saturated carbocycles. The predicted octanol–water partition coefficient (Wildman–Crippen LogP) is 1.26. The van der Waals surface area contributed by atoms with E-state index in [9.17, 15) is 9.59 Å². The molecule has 1 aliphatic rings. The van der Waals surface area contributed by atoms with Crippen LogP contribution in [0.5, 0.6) is 0 Å². The second-order valence-corrected chi connectivity index (χ2v) is 5.51.